The van der Waals surface area contributed by atoms with Crippen LogP contribution in [0.4, 0.5) is 5.13 Å². The summed E-state index contributed by atoms with van der Waals surface area (Å²) in [4.78, 5) is 5.20. The first-order valence-electron chi connectivity index (χ1n) is 3.83. The van der Waals surface area contributed by atoms with Crippen LogP contribution in [0.1, 0.15) is 23.9 Å². The first kappa shape index (κ1) is 9.00. The molecule has 0 atom stereocenters. The molecule has 1 aromatic heterocycles. The van der Waals surface area contributed by atoms with Crippen LogP contribution >= 0.6 is 11.3 Å². The van der Waals surface area contributed by atoms with Crippen molar-refractivity contribution in [2.75, 3.05) is 5.73 Å². The van der Waals surface area contributed by atoms with Gasteiger partial charge >= 0.3 is 0 Å². The average molecular weight is 180 g/mol. The number of aromatic nitrogens is 1. The summed E-state index contributed by atoms with van der Waals surface area (Å²) in [6.07, 6.45) is 6.86. The van der Waals surface area contributed by atoms with E-state index in [1.807, 2.05) is 6.08 Å². The molecule has 2 nitrogen and oxygen atoms in total. The average Bonchev–Trinajstić information content (AvgIpc) is 2.42. The van der Waals surface area contributed by atoms with Crippen molar-refractivity contribution in [1.29, 1.82) is 0 Å². The molecule has 1 heterocycles. The zero-order valence-corrected chi connectivity index (χ0v) is 7.90. The second-order valence-corrected chi connectivity index (χ2v) is 3.38. The minimum Gasteiger partial charge on any atom is -0.375 e. The molecule has 1 aromatic rings. The molecule has 0 bridgehead atoms. The van der Waals surface area contributed by atoms with Crippen LogP contribution in [0.2, 0.25) is 0 Å². The molecule has 0 aliphatic carbocycles. The van der Waals surface area contributed by atoms with Gasteiger partial charge in [0.05, 0.1) is 10.6 Å². The number of nitrogens with zero attached hydrogens (tertiary/aromatic N) is 1. The molecule has 3 heteroatoms. The smallest absolute Gasteiger partial charge is 0.181 e. The fourth-order valence-corrected chi connectivity index (χ4v) is 1.62. The first-order valence-corrected chi connectivity index (χ1v) is 4.64. The highest BCUT2D eigenvalue weighted by molar-refractivity contribution is 7.16. The van der Waals surface area contributed by atoms with Crippen LogP contribution in [0.3, 0.4) is 0 Å². The summed E-state index contributed by atoms with van der Waals surface area (Å²) in [6.45, 7) is 5.76. The van der Waals surface area contributed by atoms with E-state index in [4.69, 9.17) is 5.73 Å². The predicted octanol–water partition coefficient (Wildman–Crippen LogP) is 2.79. The Hall–Kier alpha value is -1.09. The van der Waals surface area contributed by atoms with E-state index in [1.54, 1.807) is 6.08 Å². The minimum absolute atomic E-state index is 0.598. The van der Waals surface area contributed by atoms with E-state index in [2.05, 4.69) is 24.6 Å². The molecule has 0 amide bonds. The van der Waals surface area contributed by atoms with Gasteiger partial charge in [-0.05, 0) is 18.6 Å². The highest BCUT2D eigenvalue weighted by Gasteiger charge is 2.01. The van der Waals surface area contributed by atoms with Gasteiger partial charge in [-0.25, -0.2) is 4.98 Å². The number of thiazole rings is 1. The van der Waals surface area contributed by atoms with Gasteiger partial charge in [0, 0.05) is 0 Å². The van der Waals surface area contributed by atoms with Crippen LogP contribution in [-0.2, 0) is 0 Å². The third-order valence-corrected chi connectivity index (χ3v) is 2.26. The Morgan fingerprint density at radius 1 is 1.67 bits per heavy atom. The van der Waals surface area contributed by atoms with Gasteiger partial charge in [-0.2, -0.15) is 0 Å². The number of hydrogen-bond donors (Lipinski definition) is 1. The largest absolute Gasteiger partial charge is 0.375 e. The molecule has 0 radical (unpaired) electrons. The third kappa shape index (κ3) is 1.95. The van der Waals surface area contributed by atoms with Crippen molar-refractivity contribution in [3.63, 3.8) is 0 Å². The monoisotopic (exact) mass is 180 g/mol. The molecular formula is C9H12N2S. The van der Waals surface area contributed by atoms with Crippen LogP contribution in [0.15, 0.2) is 12.7 Å². The van der Waals surface area contributed by atoms with Crippen LogP contribution in [0.5, 0.6) is 0 Å². The fourth-order valence-electron chi connectivity index (χ4n) is 0.852. The molecule has 1 rings (SSSR count). The summed E-state index contributed by atoms with van der Waals surface area (Å²) >= 11 is 1.49. The van der Waals surface area contributed by atoms with E-state index >= 15 is 0 Å². The Morgan fingerprint density at radius 2 is 2.42 bits per heavy atom. The van der Waals surface area contributed by atoms with Gasteiger partial charge in [0.1, 0.15) is 0 Å². The SMILES string of the molecule is C=Cc1nc(N)sc1/C=C\CC. The van der Waals surface area contributed by atoms with E-state index in [1.165, 1.54) is 11.3 Å². The lowest BCUT2D eigenvalue weighted by Crippen LogP contribution is -1.80. The Kier molecular flexibility index (Phi) is 3.05. The maximum atomic E-state index is 5.55. The molecule has 0 saturated carbocycles. The second kappa shape index (κ2) is 4.07. The Labute approximate surface area is 76.4 Å². The molecule has 0 aromatic carbocycles. The number of anilines is 1. The van der Waals surface area contributed by atoms with Crippen molar-refractivity contribution < 1.29 is 0 Å². The molecule has 0 spiro atoms. The van der Waals surface area contributed by atoms with Crippen LogP contribution in [0.25, 0.3) is 12.2 Å². The lowest BCUT2D eigenvalue weighted by atomic mass is 10.3. The number of allylic oxidation sites excluding steroid dienone is 1. The van der Waals surface area contributed by atoms with Gasteiger partial charge in [-0.15, -0.1) is 0 Å². The summed E-state index contributed by atoms with van der Waals surface area (Å²) in [5, 5.41) is 0.598. The standard InChI is InChI=1S/C9H12N2S/c1-3-5-6-8-7(4-2)11-9(10)12-8/h4-6H,2-3H2,1H3,(H2,10,11)/b6-5-. The van der Waals surface area contributed by atoms with Gasteiger partial charge in [0.15, 0.2) is 5.13 Å². The molecule has 0 fully saturated rings. The van der Waals surface area contributed by atoms with Crippen molar-refractivity contribution in [3.05, 3.63) is 23.2 Å². The van der Waals surface area contributed by atoms with Crippen LogP contribution < -0.4 is 5.73 Å². The fraction of sp³-hybridized carbons (Fsp3) is 0.222. The normalized spacial score (nSPS) is 10.8. The Balaban J connectivity index is 2.96. The van der Waals surface area contributed by atoms with Gasteiger partial charge in [0.25, 0.3) is 0 Å². The summed E-state index contributed by atoms with van der Waals surface area (Å²) < 4.78 is 0. The molecule has 12 heavy (non-hydrogen) atoms. The van der Waals surface area contributed by atoms with Gasteiger partial charge in [0.2, 0.25) is 0 Å². The van der Waals surface area contributed by atoms with Crippen molar-refractivity contribution in [1.82, 2.24) is 4.98 Å². The first-order chi connectivity index (χ1) is 5.77. The number of hydrogen-bond acceptors (Lipinski definition) is 3. The van der Waals surface area contributed by atoms with E-state index in [-0.39, 0.29) is 0 Å². The van der Waals surface area contributed by atoms with E-state index < -0.39 is 0 Å². The highest BCUT2D eigenvalue weighted by Crippen LogP contribution is 2.22. The molecule has 0 saturated heterocycles. The van der Waals surface area contributed by atoms with E-state index in [0.717, 1.165) is 17.0 Å². The Bertz CT molecular complexity index is 299. The topological polar surface area (TPSA) is 38.9 Å². The van der Waals surface area contributed by atoms with Gasteiger partial charge in [-0.3, -0.25) is 0 Å². The third-order valence-electron chi connectivity index (χ3n) is 1.40. The number of nitrogens with two attached hydrogens (primary N) is 1. The van der Waals surface area contributed by atoms with Crippen molar-refractivity contribution >= 4 is 28.6 Å². The van der Waals surface area contributed by atoms with Gasteiger partial charge < -0.3 is 5.73 Å². The zero-order chi connectivity index (χ0) is 8.97. The summed E-state index contributed by atoms with van der Waals surface area (Å²) in [5.74, 6) is 0. The maximum absolute atomic E-state index is 5.55. The second-order valence-electron chi connectivity index (χ2n) is 2.32. The van der Waals surface area contributed by atoms with Crippen molar-refractivity contribution in [2.45, 2.75) is 13.3 Å². The molecule has 64 valence electrons. The minimum atomic E-state index is 0.598. The van der Waals surface area contributed by atoms with Crippen LogP contribution in [-0.4, -0.2) is 4.98 Å². The van der Waals surface area contributed by atoms with Gasteiger partial charge in [-0.1, -0.05) is 30.9 Å². The lowest BCUT2D eigenvalue weighted by molar-refractivity contribution is 1.23. The predicted molar refractivity (Wildman–Crippen MR) is 55.9 cm³/mol. The molecule has 0 aliphatic rings. The zero-order valence-electron chi connectivity index (χ0n) is 7.08. The van der Waals surface area contributed by atoms with Crippen LogP contribution in [0, 0.1) is 0 Å². The molecule has 0 aliphatic heterocycles. The summed E-state index contributed by atoms with van der Waals surface area (Å²) in [7, 11) is 0. The number of rotatable bonds is 3. The summed E-state index contributed by atoms with van der Waals surface area (Å²) in [5.41, 5.74) is 6.43. The maximum Gasteiger partial charge on any atom is 0.181 e. The van der Waals surface area contributed by atoms with Crippen molar-refractivity contribution in [3.8, 4) is 0 Å². The molecule has 2 N–H and O–H groups in total. The molecule has 0 unspecified atom stereocenters. The van der Waals surface area contributed by atoms with E-state index in [9.17, 15) is 0 Å². The van der Waals surface area contributed by atoms with Crippen molar-refractivity contribution in [2.24, 2.45) is 0 Å². The lowest BCUT2D eigenvalue weighted by Gasteiger charge is -1.85. The molecular weight excluding hydrogens is 168 g/mol. The Morgan fingerprint density at radius 3 is 3.00 bits per heavy atom. The number of nitrogen functional groups attached to an aromatic ring is 1. The summed E-state index contributed by atoms with van der Waals surface area (Å²) in [6, 6.07) is 0. The quantitative estimate of drug-likeness (QED) is 0.776. The van der Waals surface area contributed by atoms with E-state index in [0.29, 0.717) is 5.13 Å². The highest BCUT2D eigenvalue weighted by atomic mass is 32.1.